The summed E-state index contributed by atoms with van der Waals surface area (Å²) < 4.78 is 5.78. The summed E-state index contributed by atoms with van der Waals surface area (Å²) in [6.07, 6.45) is 0. The summed E-state index contributed by atoms with van der Waals surface area (Å²) in [5.74, 6) is 1.53. The molecule has 0 bridgehead atoms. The molecule has 1 amide bonds. The van der Waals surface area contributed by atoms with E-state index in [1.807, 2.05) is 67.3 Å². The van der Waals surface area contributed by atoms with Crippen LogP contribution in [0.15, 0.2) is 48.5 Å². The summed E-state index contributed by atoms with van der Waals surface area (Å²) in [5.41, 5.74) is 1.56. The van der Waals surface area contributed by atoms with Gasteiger partial charge in [0.05, 0.1) is 17.9 Å². The van der Waals surface area contributed by atoms with Crippen molar-refractivity contribution in [3.05, 3.63) is 59.8 Å². The maximum absolute atomic E-state index is 13.4. The first-order valence-corrected chi connectivity index (χ1v) is 9.66. The van der Waals surface area contributed by atoms with Crippen LogP contribution in [0.2, 0.25) is 0 Å². The Balaban J connectivity index is 1.57. The molecule has 4 rings (SSSR count). The predicted molar refractivity (Wildman–Crippen MR) is 110 cm³/mol. The van der Waals surface area contributed by atoms with E-state index in [1.165, 1.54) is 0 Å². The number of carbonyl (C=O) groups is 1. The molecule has 0 spiro atoms. The van der Waals surface area contributed by atoms with E-state index >= 15 is 0 Å². The Morgan fingerprint density at radius 3 is 2.50 bits per heavy atom. The third kappa shape index (κ3) is 3.50. The summed E-state index contributed by atoms with van der Waals surface area (Å²) >= 11 is 0. The van der Waals surface area contributed by atoms with Crippen molar-refractivity contribution in [2.24, 2.45) is 0 Å². The number of fused-ring (bicyclic) bond motifs is 1. The molecule has 0 N–H and O–H groups in total. The highest BCUT2D eigenvalue weighted by atomic mass is 16.5. The first kappa shape index (κ1) is 18.2. The van der Waals surface area contributed by atoms with E-state index < -0.39 is 0 Å². The van der Waals surface area contributed by atoms with Gasteiger partial charge in [-0.15, -0.1) is 5.10 Å². The molecule has 6 nitrogen and oxygen atoms in total. The maximum atomic E-state index is 13.4. The molecule has 1 saturated heterocycles. The fraction of sp³-hybridized carbons (Fsp3) is 0.318. The van der Waals surface area contributed by atoms with Gasteiger partial charge in [-0.1, -0.05) is 30.3 Å². The van der Waals surface area contributed by atoms with Crippen LogP contribution in [-0.4, -0.2) is 53.8 Å². The zero-order valence-corrected chi connectivity index (χ0v) is 16.3. The van der Waals surface area contributed by atoms with Crippen molar-refractivity contribution in [3.63, 3.8) is 0 Å². The Labute approximate surface area is 164 Å². The number of aryl methyl sites for hydroxylation is 1. The van der Waals surface area contributed by atoms with Gasteiger partial charge >= 0.3 is 0 Å². The summed E-state index contributed by atoms with van der Waals surface area (Å²) in [5, 5.41) is 10.4. The molecule has 0 radical (unpaired) electrons. The van der Waals surface area contributed by atoms with Crippen molar-refractivity contribution in [2.45, 2.75) is 13.8 Å². The first-order chi connectivity index (χ1) is 13.7. The molecule has 0 aliphatic carbocycles. The second-order valence-corrected chi connectivity index (χ2v) is 6.91. The Morgan fingerprint density at radius 1 is 1.00 bits per heavy atom. The number of carbonyl (C=O) groups excluding carboxylic acids is 1. The number of amides is 1. The standard InChI is InChI=1S/C22H24N4O2/c1-3-28-19-10-9-17-6-4-5-7-18(17)21(19)22(27)26-14-12-25(13-15-26)20-11-8-16(2)23-24-20/h4-11H,3,12-15H2,1-2H3. The maximum Gasteiger partial charge on any atom is 0.258 e. The van der Waals surface area contributed by atoms with E-state index in [9.17, 15) is 4.79 Å². The number of benzene rings is 2. The van der Waals surface area contributed by atoms with Gasteiger partial charge in [-0.05, 0) is 42.8 Å². The minimum absolute atomic E-state index is 0.0230. The average molecular weight is 376 g/mol. The molecule has 1 fully saturated rings. The first-order valence-electron chi connectivity index (χ1n) is 9.66. The minimum Gasteiger partial charge on any atom is -0.493 e. The normalized spacial score (nSPS) is 14.4. The van der Waals surface area contributed by atoms with E-state index in [-0.39, 0.29) is 5.91 Å². The molecule has 1 aromatic heterocycles. The molecule has 28 heavy (non-hydrogen) atoms. The number of ether oxygens (including phenoxy) is 1. The highest BCUT2D eigenvalue weighted by Crippen LogP contribution is 2.30. The Kier molecular flexibility index (Phi) is 5.10. The van der Waals surface area contributed by atoms with Gasteiger partial charge in [0.2, 0.25) is 0 Å². The lowest BCUT2D eigenvalue weighted by molar-refractivity contribution is 0.0744. The molecule has 0 saturated carbocycles. The largest absolute Gasteiger partial charge is 0.493 e. The van der Waals surface area contributed by atoms with Gasteiger partial charge in [0, 0.05) is 26.2 Å². The zero-order chi connectivity index (χ0) is 19.5. The Bertz CT molecular complexity index is 979. The number of nitrogens with zero attached hydrogens (tertiary/aromatic N) is 4. The van der Waals surface area contributed by atoms with Gasteiger partial charge in [0.1, 0.15) is 5.75 Å². The highest BCUT2D eigenvalue weighted by molar-refractivity contribution is 6.09. The molecule has 2 aromatic carbocycles. The van der Waals surface area contributed by atoms with E-state index in [0.717, 1.165) is 35.4 Å². The smallest absolute Gasteiger partial charge is 0.258 e. The van der Waals surface area contributed by atoms with Crippen molar-refractivity contribution in [3.8, 4) is 5.75 Å². The van der Waals surface area contributed by atoms with Crippen LogP contribution < -0.4 is 9.64 Å². The second-order valence-electron chi connectivity index (χ2n) is 6.91. The number of hydrogen-bond acceptors (Lipinski definition) is 5. The van der Waals surface area contributed by atoms with Crippen molar-refractivity contribution >= 4 is 22.5 Å². The van der Waals surface area contributed by atoms with Crippen molar-refractivity contribution in [1.29, 1.82) is 0 Å². The van der Waals surface area contributed by atoms with E-state index in [0.29, 0.717) is 31.0 Å². The number of piperazine rings is 1. The van der Waals surface area contributed by atoms with Gasteiger partial charge in [-0.25, -0.2) is 0 Å². The lowest BCUT2D eigenvalue weighted by Gasteiger charge is -2.35. The van der Waals surface area contributed by atoms with Crippen LogP contribution in [0, 0.1) is 6.92 Å². The minimum atomic E-state index is 0.0230. The SMILES string of the molecule is CCOc1ccc2ccccc2c1C(=O)N1CCN(c2ccc(C)nn2)CC1. The molecule has 6 heteroatoms. The van der Waals surface area contributed by atoms with Gasteiger partial charge in [-0.3, -0.25) is 4.79 Å². The van der Waals surface area contributed by atoms with Gasteiger partial charge < -0.3 is 14.5 Å². The van der Waals surface area contributed by atoms with Crippen LogP contribution in [0.3, 0.4) is 0 Å². The summed E-state index contributed by atoms with van der Waals surface area (Å²) in [7, 11) is 0. The highest BCUT2D eigenvalue weighted by Gasteiger charge is 2.26. The number of aromatic nitrogens is 2. The lowest BCUT2D eigenvalue weighted by Crippen LogP contribution is -2.49. The van der Waals surface area contributed by atoms with Crippen LogP contribution in [0.25, 0.3) is 10.8 Å². The molecule has 0 unspecified atom stereocenters. The number of rotatable bonds is 4. The van der Waals surface area contributed by atoms with Crippen LogP contribution >= 0.6 is 0 Å². The van der Waals surface area contributed by atoms with Crippen molar-refractivity contribution in [2.75, 3.05) is 37.7 Å². The number of anilines is 1. The predicted octanol–water partition coefficient (Wildman–Crippen LogP) is 3.30. The lowest BCUT2D eigenvalue weighted by atomic mass is 10.0. The average Bonchev–Trinajstić information content (AvgIpc) is 2.74. The van der Waals surface area contributed by atoms with Gasteiger partial charge in [-0.2, -0.15) is 5.10 Å². The third-order valence-corrected chi connectivity index (χ3v) is 5.08. The van der Waals surface area contributed by atoms with E-state index in [2.05, 4.69) is 15.1 Å². The molecule has 1 aliphatic heterocycles. The molecule has 3 aromatic rings. The molecule has 0 atom stereocenters. The van der Waals surface area contributed by atoms with Crippen molar-refractivity contribution < 1.29 is 9.53 Å². The Hall–Kier alpha value is -3.15. The van der Waals surface area contributed by atoms with Crippen LogP contribution in [0.5, 0.6) is 5.75 Å². The topological polar surface area (TPSA) is 58.6 Å². The van der Waals surface area contributed by atoms with E-state index in [1.54, 1.807) is 0 Å². The van der Waals surface area contributed by atoms with Gasteiger partial charge in [0.15, 0.2) is 5.82 Å². The fourth-order valence-corrected chi connectivity index (χ4v) is 3.61. The van der Waals surface area contributed by atoms with E-state index in [4.69, 9.17) is 4.74 Å². The van der Waals surface area contributed by atoms with Crippen LogP contribution in [-0.2, 0) is 0 Å². The fourth-order valence-electron chi connectivity index (χ4n) is 3.61. The monoisotopic (exact) mass is 376 g/mol. The molecular formula is C22H24N4O2. The van der Waals surface area contributed by atoms with Crippen LogP contribution in [0.1, 0.15) is 23.0 Å². The molecule has 2 heterocycles. The quantitative estimate of drug-likeness (QED) is 0.699. The molecule has 144 valence electrons. The zero-order valence-electron chi connectivity index (χ0n) is 16.3. The van der Waals surface area contributed by atoms with Crippen LogP contribution in [0.4, 0.5) is 5.82 Å². The molecular weight excluding hydrogens is 352 g/mol. The summed E-state index contributed by atoms with van der Waals surface area (Å²) in [4.78, 5) is 17.5. The van der Waals surface area contributed by atoms with Gasteiger partial charge in [0.25, 0.3) is 5.91 Å². The number of hydrogen-bond donors (Lipinski definition) is 0. The Morgan fingerprint density at radius 2 is 1.79 bits per heavy atom. The van der Waals surface area contributed by atoms with Crippen molar-refractivity contribution in [1.82, 2.24) is 15.1 Å². The molecule has 1 aliphatic rings. The third-order valence-electron chi connectivity index (χ3n) is 5.08. The second kappa shape index (κ2) is 7.84. The summed E-state index contributed by atoms with van der Waals surface area (Å²) in [6, 6.07) is 15.8. The summed E-state index contributed by atoms with van der Waals surface area (Å²) in [6.45, 7) is 7.14.